The van der Waals surface area contributed by atoms with Crippen LogP contribution in [0.2, 0.25) is 0 Å². The molecule has 0 saturated carbocycles. The van der Waals surface area contributed by atoms with Crippen molar-refractivity contribution < 1.29 is 8.78 Å². The zero-order chi connectivity index (χ0) is 12.7. The molecule has 0 heterocycles. The van der Waals surface area contributed by atoms with Gasteiger partial charge in [0.2, 0.25) is 0 Å². The molecule has 1 atom stereocenters. The minimum Gasteiger partial charge on any atom is -0.313 e. The second kappa shape index (κ2) is 7.67. The highest BCUT2D eigenvalue weighted by Crippen LogP contribution is 2.12. The van der Waals surface area contributed by atoms with E-state index in [1.54, 1.807) is 17.8 Å². The number of hydrogen-bond donors (Lipinski definition) is 1. The normalized spacial score (nSPS) is 12.7. The van der Waals surface area contributed by atoms with Crippen LogP contribution in [0.4, 0.5) is 8.78 Å². The molecule has 1 nitrogen and oxygen atoms in total. The fourth-order valence-corrected chi connectivity index (χ4v) is 2.33. The van der Waals surface area contributed by atoms with Crippen molar-refractivity contribution in [3.63, 3.8) is 0 Å². The number of nitrogens with one attached hydrogen (secondary N) is 1. The molecule has 0 aliphatic carbocycles. The summed E-state index contributed by atoms with van der Waals surface area (Å²) in [5.74, 6) is -0.573. The Labute approximate surface area is 106 Å². The summed E-state index contributed by atoms with van der Waals surface area (Å²) in [4.78, 5) is 0. The maximum atomic E-state index is 13.1. The number of benzene rings is 1. The molecule has 0 aliphatic rings. The summed E-state index contributed by atoms with van der Waals surface area (Å²) in [7, 11) is 0. The molecule has 4 heteroatoms. The zero-order valence-corrected chi connectivity index (χ0v) is 11.1. The largest absolute Gasteiger partial charge is 0.313 e. The molecular weight excluding hydrogens is 240 g/mol. The van der Waals surface area contributed by atoms with Gasteiger partial charge in [0.05, 0.1) is 0 Å². The van der Waals surface area contributed by atoms with Crippen molar-refractivity contribution in [2.45, 2.75) is 25.8 Å². The first-order valence-corrected chi connectivity index (χ1v) is 7.23. The highest BCUT2D eigenvalue weighted by molar-refractivity contribution is 7.98. The molecule has 96 valence electrons. The first-order chi connectivity index (χ1) is 8.17. The van der Waals surface area contributed by atoms with Crippen LogP contribution in [0.5, 0.6) is 0 Å². The van der Waals surface area contributed by atoms with Gasteiger partial charge in [-0.2, -0.15) is 11.8 Å². The lowest BCUT2D eigenvalue weighted by atomic mass is 10.1. The molecule has 0 saturated heterocycles. The number of halogens is 2. The Morgan fingerprint density at radius 2 is 2.06 bits per heavy atom. The summed E-state index contributed by atoms with van der Waals surface area (Å²) in [5, 5.41) is 3.42. The van der Waals surface area contributed by atoms with Crippen LogP contribution >= 0.6 is 11.8 Å². The molecule has 0 spiro atoms. The van der Waals surface area contributed by atoms with Crippen molar-refractivity contribution in [3.8, 4) is 0 Å². The minimum atomic E-state index is -0.781. The maximum absolute atomic E-state index is 13.1. The monoisotopic (exact) mass is 259 g/mol. The van der Waals surface area contributed by atoms with Crippen LogP contribution in [0, 0.1) is 11.6 Å². The summed E-state index contributed by atoms with van der Waals surface area (Å²) in [6.45, 7) is 3.07. The third-order valence-corrected chi connectivity index (χ3v) is 3.25. The van der Waals surface area contributed by atoms with Gasteiger partial charge in [0, 0.05) is 11.8 Å². The van der Waals surface area contributed by atoms with Crippen molar-refractivity contribution in [1.29, 1.82) is 0 Å². The molecule has 17 heavy (non-hydrogen) atoms. The molecule has 0 radical (unpaired) electrons. The molecule has 0 aliphatic heterocycles. The third-order valence-electron chi connectivity index (χ3n) is 2.52. The van der Waals surface area contributed by atoms with Crippen LogP contribution in [0.1, 0.15) is 18.9 Å². The van der Waals surface area contributed by atoms with Gasteiger partial charge in [0.15, 0.2) is 11.6 Å². The van der Waals surface area contributed by atoms with Crippen LogP contribution in [-0.4, -0.2) is 24.6 Å². The minimum absolute atomic E-state index is 0.315. The summed E-state index contributed by atoms with van der Waals surface area (Å²) < 4.78 is 25.9. The first kappa shape index (κ1) is 14.5. The van der Waals surface area contributed by atoms with Crippen LogP contribution in [0.3, 0.4) is 0 Å². The molecule has 0 bridgehead atoms. The van der Waals surface area contributed by atoms with E-state index in [-0.39, 0.29) is 0 Å². The van der Waals surface area contributed by atoms with Crippen molar-refractivity contribution >= 4 is 11.8 Å². The van der Waals surface area contributed by atoms with Gasteiger partial charge in [-0.05, 0) is 43.3 Å². The molecule has 1 N–H and O–H groups in total. The average Bonchev–Trinajstić information content (AvgIpc) is 2.31. The van der Waals surface area contributed by atoms with Gasteiger partial charge >= 0.3 is 0 Å². The van der Waals surface area contributed by atoms with Gasteiger partial charge in [-0.25, -0.2) is 8.78 Å². The molecular formula is C13H19F2NS. The van der Waals surface area contributed by atoms with Crippen molar-refractivity contribution in [1.82, 2.24) is 5.32 Å². The van der Waals surface area contributed by atoms with Crippen molar-refractivity contribution in [3.05, 3.63) is 35.4 Å². The smallest absolute Gasteiger partial charge is 0.159 e. The maximum Gasteiger partial charge on any atom is 0.159 e. The fraction of sp³-hybridized carbons (Fsp3) is 0.538. The summed E-state index contributed by atoms with van der Waals surface area (Å²) in [6.07, 6.45) is 3.85. The van der Waals surface area contributed by atoms with Gasteiger partial charge in [-0.3, -0.25) is 0 Å². The van der Waals surface area contributed by atoms with Crippen molar-refractivity contribution in [2.24, 2.45) is 0 Å². The Morgan fingerprint density at radius 1 is 1.29 bits per heavy atom. The van der Waals surface area contributed by atoms with E-state index in [9.17, 15) is 8.78 Å². The number of hydrogen-bond acceptors (Lipinski definition) is 2. The molecule has 1 unspecified atom stereocenters. The van der Waals surface area contributed by atoms with E-state index in [0.29, 0.717) is 6.04 Å². The lowest BCUT2D eigenvalue weighted by molar-refractivity contribution is 0.503. The van der Waals surface area contributed by atoms with Crippen LogP contribution in [-0.2, 0) is 6.42 Å². The molecule has 0 fully saturated rings. The fourth-order valence-electron chi connectivity index (χ4n) is 1.69. The van der Waals surface area contributed by atoms with Crippen LogP contribution < -0.4 is 5.32 Å². The molecule has 0 amide bonds. The quantitative estimate of drug-likeness (QED) is 0.807. The predicted molar refractivity (Wildman–Crippen MR) is 70.5 cm³/mol. The summed E-state index contributed by atoms with van der Waals surface area (Å²) >= 11 is 1.76. The first-order valence-electron chi connectivity index (χ1n) is 5.83. The van der Waals surface area contributed by atoms with E-state index in [4.69, 9.17) is 0 Å². The highest BCUT2D eigenvalue weighted by Gasteiger charge is 2.10. The van der Waals surface area contributed by atoms with E-state index < -0.39 is 11.6 Å². The molecule has 1 aromatic carbocycles. The van der Waals surface area contributed by atoms with Gasteiger partial charge in [0.25, 0.3) is 0 Å². The van der Waals surface area contributed by atoms with E-state index in [1.165, 1.54) is 12.1 Å². The lowest BCUT2D eigenvalue weighted by Crippen LogP contribution is -2.34. The zero-order valence-electron chi connectivity index (χ0n) is 10.3. The topological polar surface area (TPSA) is 12.0 Å². The Balaban J connectivity index is 2.61. The Morgan fingerprint density at radius 3 is 2.65 bits per heavy atom. The second-order valence-corrected chi connectivity index (χ2v) is 4.97. The van der Waals surface area contributed by atoms with Gasteiger partial charge in [0.1, 0.15) is 0 Å². The van der Waals surface area contributed by atoms with Gasteiger partial charge in [-0.15, -0.1) is 0 Å². The Bertz CT molecular complexity index is 344. The lowest BCUT2D eigenvalue weighted by Gasteiger charge is -2.17. The predicted octanol–water partition coefficient (Wildman–Crippen LogP) is 3.24. The molecule has 1 aromatic rings. The van der Waals surface area contributed by atoms with Gasteiger partial charge in [-0.1, -0.05) is 13.0 Å². The highest BCUT2D eigenvalue weighted by atomic mass is 32.2. The van der Waals surface area contributed by atoms with Gasteiger partial charge < -0.3 is 5.32 Å². The van der Waals surface area contributed by atoms with Crippen LogP contribution in [0.15, 0.2) is 18.2 Å². The van der Waals surface area contributed by atoms with E-state index in [2.05, 4.69) is 12.2 Å². The number of thioether (sulfide) groups is 1. The second-order valence-electron chi connectivity index (χ2n) is 4.06. The van der Waals surface area contributed by atoms with E-state index in [1.807, 2.05) is 6.26 Å². The third kappa shape index (κ3) is 5.04. The molecule has 0 aromatic heterocycles. The standard InChI is InChI=1S/C13H19F2NS/c1-3-6-16-11(9-17-2)7-10-4-5-12(14)13(15)8-10/h4-5,8,11,16H,3,6-7,9H2,1-2H3. The van der Waals surface area contributed by atoms with E-state index >= 15 is 0 Å². The number of rotatable bonds is 7. The van der Waals surface area contributed by atoms with Crippen LogP contribution in [0.25, 0.3) is 0 Å². The average molecular weight is 259 g/mol. The Kier molecular flexibility index (Phi) is 6.52. The summed E-state index contributed by atoms with van der Waals surface area (Å²) in [5.41, 5.74) is 0.839. The SMILES string of the molecule is CCCNC(CSC)Cc1ccc(F)c(F)c1. The molecule has 1 rings (SSSR count). The summed E-state index contributed by atoms with van der Waals surface area (Å²) in [6, 6.07) is 4.45. The van der Waals surface area contributed by atoms with Crippen molar-refractivity contribution in [2.75, 3.05) is 18.6 Å². The Hall–Kier alpha value is -0.610. The van der Waals surface area contributed by atoms with E-state index in [0.717, 1.165) is 30.7 Å².